The van der Waals surface area contributed by atoms with Gasteiger partial charge in [0.15, 0.2) is 0 Å². The molecule has 0 aliphatic rings. The molecule has 2 N–H and O–H groups in total. The summed E-state index contributed by atoms with van der Waals surface area (Å²) in [5, 5.41) is 9.97. The van der Waals surface area contributed by atoms with Crippen LogP contribution in [-0.2, 0) is 11.3 Å². The number of nitrogens with zero attached hydrogens (tertiary/aromatic N) is 3. The summed E-state index contributed by atoms with van der Waals surface area (Å²) in [5.41, 5.74) is 5.72. The van der Waals surface area contributed by atoms with E-state index >= 15 is 0 Å². The zero-order chi connectivity index (χ0) is 25.0. The Kier molecular flexibility index (Phi) is 6.19. The highest BCUT2D eigenvalue weighted by molar-refractivity contribution is 7.13. The topological polar surface area (TPSA) is 75.6 Å². The summed E-state index contributed by atoms with van der Waals surface area (Å²) >= 11 is 1.61. The Morgan fingerprint density at radius 2 is 1.68 bits per heavy atom. The Labute approximate surface area is 217 Å². The Hall–Kier alpha value is -4.75. The molecule has 6 rings (SSSR count). The van der Waals surface area contributed by atoms with Gasteiger partial charge in [-0.3, -0.25) is 4.79 Å². The fourth-order valence-corrected chi connectivity index (χ4v) is 4.89. The number of aromatic amines is 1. The maximum atomic E-state index is 13.6. The molecule has 3 heterocycles. The normalized spacial score (nSPS) is 11.6. The standard InChI is InChI=1S/C30H23N5OS/c36-30(31-19-21-10-3-1-4-11-21)24(29-32-25-14-7-8-15-26(25)33-29)18-22-20-35(23-12-5-2-6-13-23)34-28(22)27-16-9-17-37-27/h1-18,20H,19H2,(H,31,36)(H,32,33)/b24-18+. The molecule has 0 fully saturated rings. The molecule has 0 spiro atoms. The smallest absolute Gasteiger partial charge is 0.255 e. The average molecular weight is 502 g/mol. The number of nitrogens with one attached hydrogen (secondary N) is 2. The first-order chi connectivity index (χ1) is 18.2. The van der Waals surface area contributed by atoms with Crippen LogP contribution in [-0.4, -0.2) is 25.7 Å². The van der Waals surface area contributed by atoms with Gasteiger partial charge in [0.25, 0.3) is 5.91 Å². The molecule has 0 radical (unpaired) electrons. The number of hydrogen-bond donors (Lipinski definition) is 2. The summed E-state index contributed by atoms with van der Waals surface area (Å²) in [5.74, 6) is 0.295. The minimum Gasteiger partial charge on any atom is -0.348 e. The molecule has 0 bridgehead atoms. The molecule has 0 saturated carbocycles. The predicted octanol–water partition coefficient (Wildman–Crippen LogP) is 6.33. The third-order valence-electron chi connectivity index (χ3n) is 6.00. The minimum atomic E-state index is -0.215. The van der Waals surface area contributed by atoms with Crippen molar-refractivity contribution in [2.75, 3.05) is 0 Å². The fraction of sp³-hybridized carbons (Fsp3) is 0.0333. The van der Waals surface area contributed by atoms with Gasteiger partial charge in [0.05, 0.1) is 27.2 Å². The molecular weight excluding hydrogens is 478 g/mol. The van der Waals surface area contributed by atoms with E-state index in [1.807, 2.05) is 119 Å². The molecule has 3 aromatic heterocycles. The van der Waals surface area contributed by atoms with Gasteiger partial charge in [-0.1, -0.05) is 66.7 Å². The highest BCUT2D eigenvalue weighted by Crippen LogP contribution is 2.31. The van der Waals surface area contributed by atoms with E-state index in [0.29, 0.717) is 17.9 Å². The van der Waals surface area contributed by atoms with E-state index in [2.05, 4.69) is 10.3 Å². The molecule has 0 aliphatic heterocycles. The average Bonchev–Trinajstić information content (AvgIpc) is 3.71. The number of aromatic nitrogens is 4. The van der Waals surface area contributed by atoms with Gasteiger partial charge in [0.2, 0.25) is 0 Å². The lowest BCUT2D eigenvalue weighted by Crippen LogP contribution is -2.24. The number of fused-ring (bicyclic) bond motifs is 1. The summed E-state index contributed by atoms with van der Waals surface area (Å²) in [7, 11) is 0. The summed E-state index contributed by atoms with van der Waals surface area (Å²) in [6, 6.07) is 31.6. The zero-order valence-electron chi connectivity index (χ0n) is 19.8. The van der Waals surface area contributed by atoms with Crippen LogP contribution in [0.15, 0.2) is 109 Å². The second-order valence-electron chi connectivity index (χ2n) is 8.52. The van der Waals surface area contributed by atoms with Gasteiger partial charge in [-0.25, -0.2) is 9.67 Å². The highest BCUT2D eigenvalue weighted by Gasteiger charge is 2.19. The second kappa shape index (κ2) is 10.1. The largest absolute Gasteiger partial charge is 0.348 e. The Morgan fingerprint density at radius 3 is 2.43 bits per heavy atom. The van der Waals surface area contributed by atoms with Gasteiger partial charge in [-0.05, 0) is 47.4 Å². The van der Waals surface area contributed by atoms with E-state index in [4.69, 9.17) is 10.1 Å². The quantitative estimate of drug-likeness (QED) is 0.251. The van der Waals surface area contributed by atoms with Crippen LogP contribution in [0.25, 0.3) is 38.9 Å². The number of benzene rings is 3. The molecule has 0 unspecified atom stereocenters. The number of hydrogen-bond acceptors (Lipinski definition) is 4. The van der Waals surface area contributed by atoms with Crippen molar-refractivity contribution in [1.29, 1.82) is 0 Å². The fourth-order valence-electron chi connectivity index (χ4n) is 4.16. The van der Waals surface area contributed by atoms with Crippen LogP contribution < -0.4 is 5.32 Å². The third-order valence-corrected chi connectivity index (χ3v) is 6.88. The Balaban J connectivity index is 1.46. The molecule has 1 amide bonds. The minimum absolute atomic E-state index is 0.215. The van der Waals surface area contributed by atoms with Crippen LogP contribution in [0.3, 0.4) is 0 Å². The van der Waals surface area contributed by atoms with Gasteiger partial charge < -0.3 is 10.3 Å². The Morgan fingerprint density at radius 1 is 0.919 bits per heavy atom. The molecule has 0 aliphatic carbocycles. The SMILES string of the molecule is O=C(NCc1ccccc1)/C(=C/c1cn(-c2ccccc2)nc1-c1cccs1)c1nc2ccccc2[nH]1. The lowest BCUT2D eigenvalue weighted by Gasteiger charge is -2.08. The van der Waals surface area contributed by atoms with Gasteiger partial charge in [0, 0.05) is 18.3 Å². The summed E-state index contributed by atoms with van der Waals surface area (Å²) in [4.78, 5) is 22.7. The summed E-state index contributed by atoms with van der Waals surface area (Å²) in [6.07, 6.45) is 3.83. The number of para-hydroxylation sites is 3. The molecule has 0 atom stereocenters. The summed E-state index contributed by atoms with van der Waals surface area (Å²) < 4.78 is 1.85. The van der Waals surface area contributed by atoms with E-state index in [9.17, 15) is 4.79 Å². The van der Waals surface area contributed by atoms with Crippen molar-refractivity contribution in [2.24, 2.45) is 0 Å². The number of amides is 1. The van der Waals surface area contributed by atoms with Crippen molar-refractivity contribution in [3.63, 3.8) is 0 Å². The number of H-pyrrole nitrogens is 1. The van der Waals surface area contributed by atoms with Crippen molar-refractivity contribution in [1.82, 2.24) is 25.1 Å². The molecular formula is C30H23N5OS. The van der Waals surface area contributed by atoms with Crippen LogP contribution in [0, 0.1) is 0 Å². The van der Waals surface area contributed by atoms with Crippen LogP contribution in [0.5, 0.6) is 0 Å². The molecule has 180 valence electrons. The van der Waals surface area contributed by atoms with E-state index in [-0.39, 0.29) is 5.91 Å². The van der Waals surface area contributed by atoms with E-state index in [0.717, 1.165) is 38.4 Å². The maximum absolute atomic E-state index is 13.6. The number of carbonyl (C=O) groups is 1. The van der Waals surface area contributed by atoms with Crippen molar-refractivity contribution in [3.8, 4) is 16.3 Å². The maximum Gasteiger partial charge on any atom is 0.255 e. The van der Waals surface area contributed by atoms with Gasteiger partial charge in [-0.2, -0.15) is 5.10 Å². The number of thiophene rings is 1. The zero-order valence-corrected chi connectivity index (χ0v) is 20.7. The molecule has 3 aromatic carbocycles. The van der Waals surface area contributed by atoms with Gasteiger partial charge in [0.1, 0.15) is 11.5 Å². The lowest BCUT2D eigenvalue weighted by molar-refractivity contribution is -0.115. The van der Waals surface area contributed by atoms with Crippen LogP contribution in [0.4, 0.5) is 0 Å². The van der Waals surface area contributed by atoms with Gasteiger partial charge >= 0.3 is 0 Å². The van der Waals surface area contributed by atoms with Crippen molar-refractivity contribution < 1.29 is 4.79 Å². The molecule has 7 heteroatoms. The van der Waals surface area contributed by atoms with Crippen molar-refractivity contribution in [3.05, 3.63) is 126 Å². The highest BCUT2D eigenvalue weighted by atomic mass is 32.1. The van der Waals surface area contributed by atoms with Crippen LogP contribution in [0.1, 0.15) is 17.0 Å². The first-order valence-corrected chi connectivity index (χ1v) is 12.8. The van der Waals surface area contributed by atoms with Gasteiger partial charge in [-0.15, -0.1) is 11.3 Å². The first kappa shape index (κ1) is 22.7. The predicted molar refractivity (Wildman–Crippen MR) is 149 cm³/mol. The van der Waals surface area contributed by atoms with Crippen molar-refractivity contribution in [2.45, 2.75) is 6.54 Å². The summed E-state index contributed by atoms with van der Waals surface area (Å²) in [6.45, 7) is 0.415. The number of carbonyl (C=O) groups excluding carboxylic acids is 1. The second-order valence-corrected chi connectivity index (χ2v) is 9.47. The van der Waals surface area contributed by atoms with E-state index in [1.54, 1.807) is 11.3 Å². The van der Waals surface area contributed by atoms with E-state index in [1.165, 1.54) is 0 Å². The number of rotatable bonds is 7. The molecule has 0 saturated heterocycles. The van der Waals surface area contributed by atoms with Crippen LogP contribution >= 0.6 is 11.3 Å². The van der Waals surface area contributed by atoms with Crippen molar-refractivity contribution >= 4 is 39.9 Å². The van der Waals surface area contributed by atoms with Crippen LogP contribution in [0.2, 0.25) is 0 Å². The number of imidazole rings is 1. The first-order valence-electron chi connectivity index (χ1n) is 11.9. The Bertz CT molecular complexity index is 1650. The molecule has 6 nitrogen and oxygen atoms in total. The molecule has 6 aromatic rings. The van der Waals surface area contributed by atoms with E-state index < -0.39 is 0 Å². The third kappa shape index (κ3) is 4.85. The monoisotopic (exact) mass is 501 g/mol. The molecule has 37 heavy (non-hydrogen) atoms. The lowest BCUT2D eigenvalue weighted by atomic mass is 10.1.